The third kappa shape index (κ3) is 4.58. The molecule has 2 aromatic rings. The number of halogens is 3. The zero-order chi connectivity index (χ0) is 18.7. The number of amides is 1. The van der Waals surface area contributed by atoms with Crippen LogP contribution >= 0.6 is 34.8 Å². The van der Waals surface area contributed by atoms with Gasteiger partial charge in [-0.05, 0) is 42.7 Å². The Morgan fingerprint density at radius 1 is 1.19 bits per heavy atom. The third-order valence-electron chi connectivity index (χ3n) is 4.49. The molecule has 1 fully saturated rings. The summed E-state index contributed by atoms with van der Waals surface area (Å²) in [5.41, 5.74) is 0.950. The minimum absolute atomic E-state index is 0.0750. The van der Waals surface area contributed by atoms with E-state index in [-0.39, 0.29) is 11.8 Å². The highest BCUT2D eigenvalue weighted by Crippen LogP contribution is 2.25. The summed E-state index contributed by atoms with van der Waals surface area (Å²) in [4.78, 5) is 16.7. The fourth-order valence-electron chi connectivity index (χ4n) is 3.17. The lowest BCUT2D eigenvalue weighted by molar-refractivity contribution is -0.135. The summed E-state index contributed by atoms with van der Waals surface area (Å²) in [5.74, 6) is 0.788. The molecule has 0 spiro atoms. The van der Waals surface area contributed by atoms with Gasteiger partial charge in [-0.1, -0.05) is 40.9 Å². The van der Waals surface area contributed by atoms with Crippen molar-refractivity contribution in [2.24, 2.45) is 5.92 Å². The van der Waals surface area contributed by atoms with E-state index in [0.29, 0.717) is 28.3 Å². The number of anilines is 1. The van der Waals surface area contributed by atoms with Crippen molar-refractivity contribution in [3.63, 3.8) is 0 Å². The molecule has 0 radical (unpaired) electrons. The fraction of sp³-hybridized carbons (Fsp3) is 0.389. The molecule has 8 heteroatoms. The summed E-state index contributed by atoms with van der Waals surface area (Å²) in [7, 11) is 1.81. The largest absolute Gasteiger partial charge is 0.354 e. The summed E-state index contributed by atoms with van der Waals surface area (Å²) in [5, 5.41) is 9.37. The van der Waals surface area contributed by atoms with E-state index in [1.54, 1.807) is 23.1 Å². The predicted octanol–water partition coefficient (Wildman–Crippen LogP) is 4.31. The van der Waals surface area contributed by atoms with Crippen LogP contribution in [-0.4, -0.2) is 41.1 Å². The van der Waals surface area contributed by atoms with E-state index < -0.39 is 0 Å². The number of carbonyl (C=O) groups is 1. The van der Waals surface area contributed by atoms with Gasteiger partial charge in [0.2, 0.25) is 5.91 Å². The van der Waals surface area contributed by atoms with Gasteiger partial charge in [0.1, 0.15) is 0 Å². The number of nitrogens with zero attached hydrogens (tertiary/aromatic N) is 4. The molecule has 0 N–H and O–H groups in total. The van der Waals surface area contributed by atoms with E-state index in [1.165, 1.54) is 0 Å². The molecule has 0 saturated carbocycles. The lowest BCUT2D eigenvalue weighted by Gasteiger charge is -2.34. The standard InChI is InChI=1S/C18H19Cl3N4O/c1-24(10-12-4-5-14(19)15(20)9-12)18(26)13-3-2-8-25(11-13)17-7-6-16(21)22-23-17/h4-7,9,13H,2-3,8,10-11H2,1H3/t13-/m0/s1. The summed E-state index contributed by atoms with van der Waals surface area (Å²) in [6.45, 7) is 1.98. The number of piperidine rings is 1. The van der Waals surface area contributed by atoms with Crippen molar-refractivity contribution >= 4 is 46.5 Å². The fourth-order valence-corrected chi connectivity index (χ4v) is 3.59. The lowest BCUT2D eigenvalue weighted by atomic mass is 9.96. The van der Waals surface area contributed by atoms with Crippen LogP contribution in [0.25, 0.3) is 0 Å². The molecule has 3 rings (SSSR count). The van der Waals surface area contributed by atoms with Gasteiger partial charge in [-0.15, -0.1) is 10.2 Å². The molecule has 0 bridgehead atoms. The quantitative estimate of drug-likeness (QED) is 0.749. The first kappa shape index (κ1) is 19.2. The summed E-state index contributed by atoms with van der Waals surface area (Å²) in [6, 6.07) is 8.98. The molecule has 1 aliphatic rings. The maximum Gasteiger partial charge on any atom is 0.227 e. The Hall–Kier alpha value is -1.56. The van der Waals surface area contributed by atoms with Crippen LogP contribution in [0.4, 0.5) is 5.82 Å². The van der Waals surface area contributed by atoms with Crippen LogP contribution < -0.4 is 4.90 Å². The highest BCUT2D eigenvalue weighted by molar-refractivity contribution is 6.42. The van der Waals surface area contributed by atoms with Gasteiger partial charge in [-0.25, -0.2) is 0 Å². The van der Waals surface area contributed by atoms with Crippen LogP contribution in [-0.2, 0) is 11.3 Å². The second-order valence-corrected chi connectivity index (χ2v) is 7.64. The number of hydrogen-bond donors (Lipinski definition) is 0. The van der Waals surface area contributed by atoms with E-state index >= 15 is 0 Å². The highest BCUT2D eigenvalue weighted by atomic mass is 35.5. The number of aromatic nitrogens is 2. The van der Waals surface area contributed by atoms with Gasteiger partial charge in [0.05, 0.1) is 16.0 Å². The third-order valence-corrected chi connectivity index (χ3v) is 5.43. The lowest BCUT2D eigenvalue weighted by Crippen LogP contribution is -2.43. The molecule has 1 aromatic heterocycles. The molecule has 26 heavy (non-hydrogen) atoms. The molecule has 2 heterocycles. The van der Waals surface area contributed by atoms with E-state index in [1.807, 2.05) is 19.2 Å². The molecule has 1 atom stereocenters. The Balaban J connectivity index is 1.64. The topological polar surface area (TPSA) is 49.3 Å². The number of hydrogen-bond acceptors (Lipinski definition) is 4. The van der Waals surface area contributed by atoms with Crippen LogP contribution in [0.3, 0.4) is 0 Å². The summed E-state index contributed by atoms with van der Waals surface area (Å²) in [6.07, 6.45) is 1.80. The molecule has 5 nitrogen and oxygen atoms in total. The Labute approximate surface area is 167 Å². The number of benzene rings is 1. The first-order valence-corrected chi connectivity index (χ1v) is 9.50. The van der Waals surface area contributed by atoms with Crippen molar-refractivity contribution in [2.75, 3.05) is 25.0 Å². The van der Waals surface area contributed by atoms with Gasteiger partial charge in [-0.3, -0.25) is 4.79 Å². The molecule has 1 aliphatic heterocycles. The predicted molar refractivity (Wildman–Crippen MR) is 105 cm³/mol. The van der Waals surface area contributed by atoms with Gasteiger partial charge in [0, 0.05) is 26.7 Å². The zero-order valence-electron chi connectivity index (χ0n) is 14.3. The molecular formula is C18H19Cl3N4O. The van der Waals surface area contributed by atoms with Crippen molar-refractivity contribution in [1.29, 1.82) is 0 Å². The minimum Gasteiger partial charge on any atom is -0.354 e. The van der Waals surface area contributed by atoms with Gasteiger partial charge in [0.25, 0.3) is 0 Å². The SMILES string of the molecule is CN(Cc1ccc(Cl)c(Cl)c1)C(=O)[C@H]1CCCN(c2ccc(Cl)nn2)C1. The monoisotopic (exact) mass is 412 g/mol. The van der Waals surface area contributed by atoms with Crippen molar-refractivity contribution in [2.45, 2.75) is 19.4 Å². The molecule has 0 aliphatic carbocycles. The van der Waals surface area contributed by atoms with Gasteiger partial charge in [-0.2, -0.15) is 0 Å². The first-order chi connectivity index (χ1) is 12.4. The molecule has 1 amide bonds. The van der Waals surface area contributed by atoms with E-state index in [0.717, 1.165) is 30.8 Å². The molecular weight excluding hydrogens is 395 g/mol. The average Bonchev–Trinajstić information content (AvgIpc) is 2.65. The second-order valence-electron chi connectivity index (χ2n) is 6.44. The Morgan fingerprint density at radius 3 is 2.69 bits per heavy atom. The minimum atomic E-state index is -0.0750. The Kier molecular flexibility index (Phi) is 6.22. The molecule has 0 unspecified atom stereocenters. The van der Waals surface area contributed by atoms with Gasteiger partial charge in [0.15, 0.2) is 11.0 Å². The smallest absolute Gasteiger partial charge is 0.227 e. The molecule has 138 valence electrons. The van der Waals surface area contributed by atoms with E-state index in [2.05, 4.69) is 15.1 Å². The average molecular weight is 414 g/mol. The van der Waals surface area contributed by atoms with Crippen LogP contribution in [0.15, 0.2) is 30.3 Å². The van der Waals surface area contributed by atoms with Crippen molar-refractivity contribution in [3.8, 4) is 0 Å². The van der Waals surface area contributed by atoms with Crippen LogP contribution in [0, 0.1) is 5.92 Å². The number of rotatable bonds is 4. The Morgan fingerprint density at radius 2 is 2.00 bits per heavy atom. The summed E-state index contributed by atoms with van der Waals surface area (Å²) >= 11 is 17.8. The van der Waals surface area contributed by atoms with E-state index in [4.69, 9.17) is 34.8 Å². The Bertz CT molecular complexity index is 785. The highest BCUT2D eigenvalue weighted by Gasteiger charge is 2.28. The molecule has 1 aromatic carbocycles. The van der Waals surface area contributed by atoms with E-state index in [9.17, 15) is 4.79 Å². The van der Waals surface area contributed by atoms with Crippen molar-refractivity contribution < 1.29 is 4.79 Å². The maximum atomic E-state index is 12.9. The van der Waals surface area contributed by atoms with Gasteiger partial charge < -0.3 is 9.80 Å². The second kappa shape index (κ2) is 8.42. The van der Waals surface area contributed by atoms with Crippen LogP contribution in [0.5, 0.6) is 0 Å². The normalized spacial score (nSPS) is 17.2. The van der Waals surface area contributed by atoms with Crippen molar-refractivity contribution in [3.05, 3.63) is 51.1 Å². The number of carbonyl (C=O) groups excluding carboxylic acids is 1. The van der Waals surface area contributed by atoms with Gasteiger partial charge >= 0.3 is 0 Å². The van der Waals surface area contributed by atoms with Crippen LogP contribution in [0.1, 0.15) is 18.4 Å². The van der Waals surface area contributed by atoms with Crippen LogP contribution in [0.2, 0.25) is 15.2 Å². The first-order valence-electron chi connectivity index (χ1n) is 8.37. The van der Waals surface area contributed by atoms with Crippen molar-refractivity contribution in [1.82, 2.24) is 15.1 Å². The molecule has 1 saturated heterocycles. The summed E-state index contributed by atoms with van der Waals surface area (Å²) < 4.78 is 0. The zero-order valence-corrected chi connectivity index (χ0v) is 16.6. The maximum absolute atomic E-state index is 12.9.